The minimum absolute atomic E-state index is 0.0397. The highest BCUT2D eigenvalue weighted by Crippen LogP contribution is 2.20. The number of ether oxygens (including phenoxy) is 1. The van der Waals surface area contributed by atoms with Crippen molar-refractivity contribution in [2.45, 2.75) is 11.8 Å². The lowest BCUT2D eigenvalue weighted by atomic mass is 10.2. The zero-order chi connectivity index (χ0) is 17.0. The molecule has 0 saturated carbocycles. The molecule has 23 heavy (non-hydrogen) atoms. The normalized spacial score (nSPS) is 11.1. The van der Waals surface area contributed by atoms with Crippen molar-refractivity contribution < 1.29 is 26.9 Å². The molecule has 0 radical (unpaired) electrons. The third kappa shape index (κ3) is 4.27. The maximum Gasteiger partial charge on any atom is 0.297 e. The molecular formula is C15H14FNO5S. The number of hydrogen-bond donors (Lipinski definition) is 2. The molecule has 0 aliphatic carbocycles. The Morgan fingerprint density at radius 3 is 2.43 bits per heavy atom. The second-order valence-corrected chi connectivity index (χ2v) is 5.92. The van der Waals surface area contributed by atoms with Crippen molar-refractivity contribution in [2.75, 3.05) is 11.9 Å². The molecule has 2 aromatic carbocycles. The van der Waals surface area contributed by atoms with Gasteiger partial charge in [-0.2, -0.15) is 8.42 Å². The lowest BCUT2D eigenvalue weighted by Gasteiger charge is -2.08. The fraction of sp³-hybridized carbons (Fsp3) is 0.133. The number of hydrogen-bond acceptors (Lipinski definition) is 4. The predicted octanol–water partition coefficient (Wildman–Crippen LogP) is 2.72. The van der Waals surface area contributed by atoms with Gasteiger partial charge in [-0.3, -0.25) is 9.35 Å². The fourth-order valence-corrected chi connectivity index (χ4v) is 2.44. The Bertz CT molecular complexity index is 818. The van der Waals surface area contributed by atoms with Gasteiger partial charge in [-0.15, -0.1) is 0 Å². The minimum atomic E-state index is -4.71. The molecule has 0 unspecified atom stereocenters. The van der Waals surface area contributed by atoms with E-state index in [2.05, 4.69) is 5.32 Å². The van der Waals surface area contributed by atoms with E-state index in [1.807, 2.05) is 6.92 Å². The quantitative estimate of drug-likeness (QED) is 0.817. The van der Waals surface area contributed by atoms with Crippen LogP contribution in [0.5, 0.6) is 5.75 Å². The summed E-state index contributed by atoms with van der Waals surface area (Å²) in [5.41, 5.74) is 0.351. The summed E-state index contributed by atoms with van der Waals surface area (Å²) in [6.07, 6.45) is 0. The van der Waals surface area contributed by atoms with Gasteiger partial charge in [0, 0.05) is 11.3 Å². The van der Waals surface area contributed by atoms with E-state index in [9.17, 15) is 17.6 Å². The molecule has 2 rings (SSSR count). The second-order valence-electron chi connectivity index (χ2n) is 4.53. The van der Waals surface area contributed by atoms with Crippen LogP contribution in [0.2, 0.25) is 0 Å². The van der Waals surface area contributed by atoms with Crippen molar-refractivity contribution in [3.8, 4) is 5.75 Å². The summed E-state index contributed by atoms with van der Waals surface area (Å²) in [4.78, 5) is 11.2. The van der Waals surface area contributed by atoms with Crippen LogP contribution in [-0.2, 0) is 10.1 Å². The van der Waals surface area contributed by atoms with Gasteiger partial charge in [-0.25, -0.2) is 4.39 Å². The molecule has 0 saturated heterocycles. The van der Waals surface area contributed by atoms with Crippen molar-refractivity contribution in [3.05, 3.63) is 53.8 Å². The number of benzene rings is 2. The third-order valence-electron chi connectivity index (χ3n) is 2.89. The zero-order valence-corrected chi connectivity index (χ0v) is 12.9. The van der Waals surface area contributed by atoms with Crippen LogP contribution in [0.25, 0.3) is 0 Å². The topological polar surface area (TPSA) is 92.7 Å². The van der Waals surface area contributed by atoms with Crippen LogP contribution >= 0.6 is 0 Å². The molecule has 0 atom stereocenters. The second kappa shape index (κ2) is 6.76. The number of nitrogens with one attached hydrogen (secondary N) is 1. The van der Waals surface area contributed by atoms with E-state index < -0.39 is 26.7 Å². The zero-order valence-electron chi connectivity index (χ0n) is 12.1. The van der Waals surface area contributed by atoms with E-state index in [1.165, 1.54) is 18.2 Å². The number of halogens is 1. The molecule has 0 aromatic heterocycles. The molecular weight excluding hydrogens is 325 g/mol. The maximum absolute atomic E-state index is 13.4. The molecule has 6 nitrogen and oxygen atoms in total. The molecule has 0 aliphatic heterocycles. The van der Waals surface area contributed by atoms with Crippen LogP contribution in [-0.4, -0.2) is 25.5 Å². The molecule has 0 aliphatic rings. The summed E-state index contributed by atoms with van der Waals surface area (Å²) in [5, 5.41) is 2.43. The van der Waals surface area contributed by atoms with Crippen molar-refractivity contribution in [3.63, 3.8) is 0 Å². The summed E-state index contributed by atoms with van der Waals surface area (Å²) in [6.45, 7) is 2.33. The number of anilines is 1. The fourth-order valence-electron chi connectivity index (χ4n) is 1.85. The van der Waals surface area contributed by atoms with Gasteiger partial charge in [0.25, 0.3) is 16.0 Å². The number of amides is 1. The van der Waals surface area contributed by atoms with Gasteiger partial charge in [0.05, 0.1) is 6.61 Å². The van der Waals surface area contributed by atoms with Crippen molar-refractivity contribution in [1.82, 2.24) is 0 Å². The summed E-state index contributed by atoms with van der Waals surface area (Å²) in [7, 11) is -4.71. The first-order chi connectivity index (χ1) is 10.8. The average Bonchev–Trinajstić information content (AvgIpc) is 2.49. The van der Waals surface area contributed by atoms with Gasteiger partial charge >= 0.3 is 0 Å². The van der Waals surface area contributed by atoms with Gasteiger partial charge in [-0.1, -0.05) is 0 Å². The van der Waals surface area contributed by atoms with Gasteiger partial charge in [0.1, 0.15) is 16.5 Å². The monoisotopic (exact) mass is 339 g/mol. The Morgan fingerprint density at radius 1 is 1.22 bits per heavy atom. The first-order valence-electron chi connectivity index (χ1n) is 6.62. The highest BCUT2D eigenvalue weighted by Gasteiger charge is 2.17. The average molecular weight is 339 g/mol. The largest absolute Gasteiger partial charge is 0.494 e. The highest BCUT2D eigenvalue weighted by atomic mass is 32.2. The smallest absolute Gasteiger partial charge is 0.297 e. The Morgan fingerprint density at radius 2 is 1.87 bits per heavy atom. The van der Waals surface area contributed by atoms with E-state index in [-0.39, 0.29) is 5.69 Å². The number of rotatable bonds is 5. The molecule has 122 valence electrons. The van der Waals surface area contributed by atoms with Gasteiger partial charge in [-0.05, 0) is 49.4 Å². The Hall–Kier alpha value is -2.45. The number of carbonyl (C=O) groups is 1. The Labute approximate surface area is 132 Å². The minimum Gasteiger partial charge on any atom is -0.494 e. The summed E-state index contributed by atoms with van der Waals surface area (Å²) in [5.74, 6) is -1.01. The maximum atomic E-state index is 13.4. The van der Waals surface area contributed by atoms with Crippen molar-refractivity contribution >= 4 is 21.7 Å². The van der Waals surface area contributed by atoms with Gasteiger partial charge < -0.3 is 10.1 Å². The summed E-state index contributed by atoms with van der Waals surface area (Å²) < 4.78 is 49.7. The molecule has 2 N–H and O–H groups in total. The van der Waals surface area contributed by atoms with E-state index in [0.29, 0.717) is 17.9 Å². The summed E-state index contributed by atoms with van der Waals surface area (Å²) >= 11 is 0. The van der Waals surface area contributed by atoms with E-state index in [1.54, 1.807) is 12.1 Å². The van der Waals surface area contributed by atoms with E-state index >= 15 is 0 Å². The lowest BCUT2D eigenvalue weighted by molar-refractivity contribution is 0.102. The molecule has 2 aromatic rings. The molecule has 0 heterocycles. The predicted molar refractivity (Wildman–Crippen MR) is 81.8 cm³/mol. The van der Waals surface area contributed by atoms with Crippen LogP contribution in [0, 0.1) is 5.82 Å². The van der Waals surface area contributed by atoms with Crippen LogP contribution < -0.4 is 10.1 Å². The molecule has 1 amide bonds. The van der Waals surface area contributed by atoms with Gasteiger partial charge in [0.15, 0.2) is 0 Å². The summed E-state index contributed by atoms with van der Waals surface area (Å²) in [6, 6.07) is 9.19. The third-order valence-corrected chi connectivity index (χ3v) is 3.76. The van der Waals surface area contributed by atoms with Crippen LogP contribution in [0.3, 0.4) is 0 Å². The Kier molecular flexibility index (Phi) is 4.97. The van der Waals surface area contributed by atoms with Crippen molar-refractivity contribution in [1.29, 1.82) is 0 Å². The molecule has 0 spiro atoms. The van der Waals surface area contributed by atoms with E-state index in [0.717, 1.165) is 12.1 Å². The number of carbonyl (C=O) groups excluding carboxylic acids is 1. The molecule has 8 heteroatoms. The SMILES string of the molecule is CCOc1ccc(C(=O)Nc2ccc(F)c(S(=O)(=O)O)c2)cc1. The Balaban J connectivity index is 2.20. The van der Waals surface area contributed by atoms with Crippen LogP contribution in [0.15, 0.2) is 47.4 Å². The van der Waals surface area contributed by atoms with Crippen molar-refractivity contribution in [2.24, 2.45) is 0 Å². The first kappa shape index (κ1) is 16.9. The lowest BCUT2D eigenvalue weighted by Crippen LogP contribution is -2.13. The first-order valence-corrected chi connectivity index (χ1v) is 8.06. The van der Waals surface area contributed by atoms with Gasteiger partial charge in [0.2, 0.25) is 0 Å². The standard InChI is InChI=1S/C15H14FNO5S/c1-2-22-12-6-3-10(4-7-12)15(18)17-11-5-8-13(16)14(9-11)23(19,20)21/h3-9H,2H2,1H3,(H,17,18)(H,19,20,21). The molecule has 0 fully saturated rings. The van der Waals surface area contributed by atoms with Crippen LogP contribution in [0.4, 0.5) is 10.1 Å². The highest BCUT2D eigenvalue weighted by molar-refractivity contribution is 7.85. The molecule has 0 bridgehead atoms. The van der Waals surface area contributed by atoms with E-state index in [4.69, 9.17) is 9.29 Å². The van der Waals surface area contributed by atoms with Crippen LogP contribution in [0.1, 0.15) is 17.3 Å².